The number of carbonyl (C=O) groups excluding carboxylic acids is 1. The molecule has 60 valence electrons. The molecular formula is C7H10N2OS. The molecule has 1 aromatic heterocycles. The highest BCUT2D eigenvalue weighted by Crippen LogP contribution is 2.16. The summed E-state index contributed by atoms with van der Waals surface area (Å²) in [6.45, 7) is 2.03. The van der Waals surface area contributed by atoms with Crippen LogP contribution in [0.2, 0.25) is 0 Å². The van der Waals surface area contributed by atoms with Crippen LogP contribution in [-0.4, -0.2) is 22.5 Å². The van der Waals surface area contributed by atoms with Crippen LogP contribution in [0.1, 0.15) is 23.2 Å². The van der Waals surface area contributed by atoms with E-state index >= 15 is 0 Å². The SMILES string of the molecule is CCc1[nH]c(C=O)nc1SC. The third-order valence-electron chi connectivity index (χ3n) is 1.42. The normalized spacial score (nSPS) is 10.0. The van der Waals surface area contributed by atoms with Gasteiger partial charge in [-0.3, -0.25) is 4.79 Å². The van der Waals surface area contributed by atoms with Gasteiger partial charge in [-0.1, -0.05) is 6.92 Å². The van der Waals surface area contributed by atoms with E-state index in [2.05, 4.69) is 9.97 Å². The van der Waals surface area contributed by atoms with Crippen LogP contribution in [0, 0.1) is 0 Å². The number of nitrogens with one attached hydrogen (secondary N) is 1. The van der Waals surface area contributed by atoms with E-state index in [1.807, 2.05) is 13.2 Å². The number of aldehydes is 1. The van der Waals surface area contributed by atoms with Crippen molar-refractivity contribution in [2.24, 2.45) is 0 Å². The molecule has 0 saturated carbocycles. The van der Waals surface area contributed by atoms with Gasteiger partial charge in [0.2, 0.25) is 0 Å². The molecule has 0 bridgehead atoms. The lowest BCUT2D eigenvalue weighted by Gasteiger charge is -1.91. The van der Waals surface area contributed by atoms with Gasteiger partial charge in [0.1, 0.15) is 5.03 Å². The lowest BCUT2D eigenvalue weighted by Crippen LogP contribution is -1.82. The lowest BCUT2D eigenvalue weighted by molar-refractivity contribution is 0.111. The molecule has 0 aliphatic heterocycles. The van der Waals surface area contributed by atoms with Crippen molar-refractivity contribution in [3.8, 4) is 0 Å². The van der Waals surface area contributed by atoms with Gasteiger partial charge in [0.05, 0.1) is 0 Å². The van der Waals surface area contributed by atoms with Crippen LogP contribution in [0.25, 0.3) is 0 Å². The summed E-state index contributed by atoms with van der Waals surface area (Å²) in [6, 6.07) is 0. The summed E-state index contributed by atoms with van der Waals surface area (Å²) in [4.78, 5) is 17.3. The summed E-state index contributed by atoms with van der Waals surface area (Å²) in [5, 5.41) is 0.926. The highest BCUT2D eigenvalue weighted by molar-refractivity contribution is 7.98. The van der Waals surface area contributed by atoms with Gasteiger partial charge in [0.15, 0.2) is 12.1 Å². The topological polar surface area (TPSA) is 45.8 Å². The summed E-state index contributed by atoms with van der Waals surface area (Å²) in [7, 11) is 0. The number of thioether (sulfide) groups is 1. The second-order valence-electron chi connectivity index (χ2n) is 2.08. The Morgan fingerprint density at radius 2 is 2.45 bits per heavy atom. The molecule has 0 spiro atoms. The average Bonchev–Trinajstić information content (AvgIpc) is 2.46. The fraction of sp³-hybridized carbons (Fsp3) is 0.429. The highest BCUT2D eigenvalue weighted by Gasteiger charge is 2.05. The molecule has 0 fully saturated rings. The maximum absolute atomic E-state index is 10.3. The van der Waals surface area contributed by atoms with Gasteiger partial charge in [-0.2, -0.15) is 0 Å². The average molecular weight is 170 g/mol. The molecule has 1 rings (SSSR count). The van der Waals surface area contributed by atoms with Crippen LogP contribution in [0.4, 0.5) is 0 Å². The van der Waals surface area contributed by atoms with Crippen molar-refractivity contribution in [2.75, 3.05) is 6.26 Å². The Morgan fingerprint density at radius 3 is 2.82 bits per heavy atom. The number of H-pyrrole nitrogens is 1. The first-order valence-corrected chi connectivity index (χ1v) is 4.62. The Hall–Kier alpha value is -0.770. The quantitative estimate of drug-likeness (QED) is 0.552. The van der Waals surface area contributed by atoms with Crippen LogP contribution in [0.5, 0.6) is 0 Å². The second kappa shape index (κ2) is 3.57. The Morgan fingerprint density at radius 1 is 1.73 bits per heavy atom. The van der Waals surface area contributed by atoms with Crippen LogP contribution < -0.4 is 0 Å². The summed E-state index contributed by atoms with van der Waals surface area (Å²) in [6.07, 6.45) is 3.57. The summed E-state index contributed by atoms with van der Waals surface area (Å²) < 4.78 is 0. The van der Waals surface area contributed by atoms with Crippen molar-refractivity contribution in [3.63, 3.8) is 0 Å². The molecule has 0 atom stereocenters. The van der Waals surface area contributed by atoms with E-state index < -0.39 is 0 Å². The van der Waals surface area contributed by atoms with Crippen molar-refractivity contribution in [3.05, 3.63) is 11.5 Å². The molecule has 1 aromatic rings. The Labute approximate surface area is 69.6 Å². The summed E-state index contributed by atoms with van der Waals surface area (Å²) >= 11 is 1.55. The summed E-state index contributed by atoms with van der Waals surface area (Å²) in [5.41, 5.74) is 1.04. The first kappa shape index (κ1) is 8.33. The third kappa shape index (κ3) is 1.63. The van der Waals surface area contributed by atoms with Gasteiger partial charge in [-0.15, -0.1) is 11.8 Å². The minimum absolute atomic E-state index is 0.422. The minimum Gasteiger partial charge on any atom is -0.339 e. The van der Waals surface area contributed by atoms with Gasteiger partial charge in [-0.05, 0) is 12.7 Å². The van der Waals surface area contributed by atoms with Crippen molar-refractivity contribution in [2.45, 2.75) is 18.4 Å². The van der Waals surface area contributed by atoms with Gasteiger partial charge in [0, 0.05) is 5.69 Å². The van der Waals surface area contributed by atoms with Gasteiger partial charge < -0.3 is 4.98 Å². The number of carbonyl (C=O) groups is 1. The molecule has 0 amide bonds. The van der Waals surface area contributed by atoms with Crippen LogP contribution in [-0.2, 0) is 6.42 Å². The van der Waals surface area contributed by atoms with E-state index in [1.54, 1.807) is 11.8 Å². The molecular weight excluding hydrogens is 160 g/mol. The van der Waals surface area contributed by atoms with Crippen LogP contribution in [0.3, 0.4) is 0 Å². The number of hydrogen-bond acceptors (Lipinski definition) is 3. The van der Waals surface area contributed by atoms with E-state index in [0.717, 1.165) is 23.4 Å². The largest absolute Gasteiger partial charge is 0.339 e. The third-order valence-corrected chi connectivity index (χ3v) is 2.14. The Balaban J connectivity index is 3.01. The second-order valence-corrected chi connectivity index (χ2v) is 2.88. The first-order valence-electron chi connectivity index (χ1n) is 3.39. The zero-order chi connectivity index (χ0) is 8.27. The van der Waals surface area contributed by atoms with Gasteiger partial charge in [-0.25, -0.2) is 4.98 Å². The standard InChI is InChI=1S/C7H10N2OS/c1-3-5-7(11-2)9-6(4-10)8-5/h4H,3H2,1-2H3,(H,8,9). The molecule has 0 aliphatic carbocycles. The first-order chi connectivity index (χ1) is 5.31. The molecule has 3 nitrogen and oxygen atoms in total. The maximum atomic E-state index is 10.3. The fourth-order valence-electron chi connectivity index (χ4n) is 0.877. The Kier molecular flexibility index (Phi) is 2.70. The number of rotatable bonds is 3. The minimum atomic E-state index is 0.422. The van der Waals surface area contributed by atoms with Gasteiger partial charge in [0.25, 0.3) is 0 Å². The molecule has 0 saturated heterocycles. The van der Waals surface area contributed by atoms with E-state index in [0.29, 0.717) is 5.82 Å². The molecule has 1 heterocycles. The zero-order valence-corrected chi connectivity index (χ0v) is 7.36. The molecule has 0 aliphatic rings. The number of imidazole rings is 1. The highest BCUT2D eigenvalue weighted by atomic mass is 32.2. The van der Waals surface area contributed by atoms with E-state index in [-0.39, 0.29) is 0 Å². The number of hydrogen-bond donors (Lipinski definition) is 1. The zero-order valence-electron chi connectivity index (χ0n) is 6.55. The molecule has 0 aromatic carbocycles. The van der Waals surface area contributed by atoms with E-state index in [1.165, 1.54) is 0 Å². The smallest absolute Gasteiger partial charge is 0.185 e. The van der Waals surface area contributed by atoms with E-state index in [9.17, 15) is 4.79 Å². The van der Waals surface area contributed by atoms with Crippen molar-refractivity contribution in [1.82, 2.24) is 9.97 Å². The molecule has 4 heteroatoms. The number of aromatic nitrogens is 2. The predicted octanol–water partition coefficient (Wildman–Crippen LogP) is 1.51. The molecule has 0 unspecified atom stereocenters. The number of aryl methyl sites for hydroxylation is 1. The van der Waals surface area contributed by atoms with E-state index in [4.69, 9.17) is 0 Å². The van der Waals surface area contributed by atoms with Crippen molar-refractivity contribution >= 4 is 18.0 Å². The number of nitrogens with zero attached hydrogens (tertiary/aromatic N) is 1. The van der Waals surface area contributed by atoms with Gasteiger partial charge >= 0.3 is 0 Å². The lowest BCUT2D eigenvalue weighted by atomic mass is 10.4. The predicted molar refractivity (Wildman–Crippen MR) is 45.1 cm³/mol. The maximum Gasteiger partial charge on any atom is 0.185 e. The monoisotopic (exact) mass is 170 g/mol. The molecule has 1 N–H and O–H groups in total. The fourth-order valence-corrected chi connectivity index (χ4v) is 1.51. The van der Waals surface area contributed by atoms with Crippen molar-refractivity contribution in [1.29, 1.82) is 0 Å². The van der Waals surface area contributed by atoms with Crippen LogP contribution >= 0.6 is 11.8 Å². The summed E-state index contributed by atoms with van der Waals surface area (Å²) in [5.74, 6) is 0.422. The molecule has 0 radical (unpaired) electrons. The van der Waals surface area contributed by atoms with Crippen molar-refractivity contribution < 1.29 is 4.79 Å². The van der Waals surface area contributed by atoms with Crippen LogP contribution in [0.15, 0.2) is 5.03 Å². The molecule has 11 heavy (non-hydrogen) atoms. The Bertz CT molecular complexity index is 235. The number of aromatic amines is 1.